The second-order valence-corrected chi connectivity index (χ2v) is 11.9. The number of ether oxygens (including phenoxy) is 3. The summed E-state index contributed by atoms with van der Waals surface area (Å²) in [4.78, 5) is 23.4. The molecule has 0 aromatic heterocycles. The maximum Gasteiger partial charge on any atom is 0.427 e. The molecule has 1 heterocycles. The summed E-state index contributed by atoms with van der Waals surface area (Å²) in [6.07, 6.45) is -12.8. The van der Waals surface area contributed by atoms with Crippen molar-refractivity contribution < 1.29 is 63.0 Å². The molecule has 0 saturated carbocycles. The van der Waals surface area contributed by atoms with Crippen LogP contribution in [0, 0.1) is 11.7 Å². The van der Waals surface area contributed by atoms with E-state index in [0.717, 1.165) is 18.2 Å². The van der Waals surface area contributed by atoms with E-state index in [-0.39, 0.29) is 36.2 Å². The third-order valence-electron chi connectivity index (χ3n) is 6.30. The van der Waals surface area contributed by atoms with Gasteiger partial charge in [-0.3, -0.25) is 14.4 Å². The number of hydrogen-bond acceptors (Lipinski definition) is 7. The van der Waals surface area contributed by atoms with Crippen molar-refractivity contribution >= 4 is 33.5 Å². The molecule has 43 heavy (non-hydrogen) atoms. The Morgan fingerprint density at radius 1 is 1.09 bits per heavy atom. The number of anilines is 2. The minimum atomic E-state index is -5.22. The van der Waals surface area contributed by atoms with Crippen molar-refractivity contribution in [2.45, 2.75) is 63.1 Å². The molecule has 2 aromatic rings. The van der Waals surface area contributed by atoms with Crippen LogP contribution in [0.2, 0.25) is 0 Å². The Labute approximate surface area is 241 Å². The second kappa shape index (κ2) is 12.1. The first-order chi connectivity index (χ1) is 19.7. The lowest BCUT2D eigenvalue weighted by molar-refractivity contribution is -0.242. The maximum atomic E-state index is 13.9. The van der Waals surface area contributed by atoms with E-state index in [1.54, 1.807) is 6.92 Å². The van der Waals surface area contributed by atoms with Crippen LogP contribution in [0.5, 0.6) is 5.75 Å². The van der Waals surface area contributed by atoms with Crippen LogP contribution in [0.15, 0.2) is 41.3 Å². The van der Waals surface area contributed by atoms with Gasteiger partial charge in [0.15, 0.2) is 0 Å². The van der Waals surface area contributed by atoms with Gasteiger partial charge in [-0.1, -0.05) is 6.92 Å². The van der Waals surface area contributed by atoms with Crippen molar-refractivity contribution in [3.05, 3.63) is 47.8 Å². The van der Waals surface area contributed by atoms with Crippen LogP contribution >= 0.6 is 0 Å². The number of fused-ring (bicyclic) bond motifs is 1. The third-order valence-corrected chi connectivity index (χ3v) is 8.08. The quantitative estimate of drug-likeness (QED) is 0.266. The lowest BCUT2D eigenvalue weighted by Crippen LogP contribution is -2.45. The molecule has 1 aliphatic rings. The molecule has 2 aromatic carbocycles. The summed E-state index contributed by atoms with van der Waals surface area (Å²) in [5.74, 6) is -3.25. The molecule has 1 amide bonds. The lowest BCUT2D eigenvalue weighted by Gasteiger charge is -2.36. The summed E-state index contributed by atoms with van der Waals surface area (Å²) in [6, 6.07) is 4.40. The molecule has 9 nitrogen and oxygen atoms in total. The molecule has 0 spiro atoms. The molecule has 0 aliphatic carbocycles. The Morgan fingerprint density at radius 3 is 2.33 bits per heavy atom. The monoisotopic (exact) mass is 644 g/mol. The summed E-state index contributed by atoms with van der Waals surface area (Å²) in [5, 5.41) is 2.04. The van der Waals surface area contributed by atoms with Gasteiger partial charge in [0.05, 0.1) is 35.2 Å². The Hall–Kier alpha value is -3.76. The summed E-state index contributed by atoms with van der Waals surface area (Å²) < 4.78 is 137. The standard InChI is InChI=1S/C26H27F7N2O7S/c1-5-40-22(36)14(2)10-16-13-35(43(38,39)17-7-8-19(27)18(12-17)25(28,29)30)20-11-15(6-9-21(20)41-16)34-23(37)42-24(3,4)26(31,32)33/h6-9,11-12,14,16H,5,10,13H2,1-4H3,(H,34,37)/t14-,16+/m1/s1. The highest BCUT2D eigenvalue weighted by atomic mass is 32.2. The van der Waals surface area contributed by atoms with Crippen LogP contribution in [0.4, 0.5) is 46.9 Å². The van der Waals surface area contributed by atoms with Crippen LogP contribution in [-0.2, 0) is 30.5 Å². The van der Waals surface area contributed by atoms with Crippen molar-refractivity contribution in [1.29, 1.82) is 0 Å². The van der Waals surface area contributed by atoms with E-state index >= 15 is 0 Å². The fraction of sp³-hybridized carbons (Fsp3) is 0.462. The van der Waals surface area contributed by atoms with Crippen LogP contribution in [0.1, 0.15) is 39.7 Å². The Bertz CT molecular complexity index is 1480. The van der Waals surface area contributed by atoms with E-state index in [0.29, 0.717) is 30.3 Å². The average Bonchev–Trinajstić information content (AvgIpc) is 2.86. The molecule has 0 radical (unpaired) electrons. The number of halogens is 7. The predicted octanol–water partition coefficient (Wildman–Crippen LogP) is 6.28. The number of rotatable bonds is 8. The first-order valence-corrected chi connectivity index (χ1v) is 14.0. The van der Waals surface area contributed by atoms with Crippen molar-refractivity contribution in [2.24, 2.45) is 5.92 Å². The number of carbonyl (C=O) groups is 2. The normalized spacial score (nSPS) is 16.5. The molecule has 0 unspecified atom stereocenters. The molecule has 3 rings (SSSR count). The summed E-state index contributed by atoms with van der Waals surface area (Å²) >= 11 is 0. The summed E-state index contributed by atoms with van der Waals surface area (Å²) in [5.41, 5.74) is -5.28. The van der Waals surface area contributed by atoms with Gasteiger partial charge < -0.3 is 14.2 Å². The lowest BCUT2D eigenvalue weighted by atomic mass is 10.0. The Morgan fingerprint density at radius 2 is 1.74 bits per heavy atom. The molecule has 0 bridgehead atoms. The first-order valence-electron chi connectivity index (χ1n) is 12.6. The number of esters is 1. The van der Waals surface area contributed by atoms with Crippen LogP contribution < -0.4 is 14.4 Å². The number of nitrogens with one attached hydrogen (secondary N) is 1. The molecule has 1 N–H and O–H groups in total. The SMILES string of the molecule is CCOC(=O)[C@H](C)C[C@H]1CN(S(=O)(=O)c2ccc(F)c(C(F)(F)F)c2)c2cc(NC(=O)OC(C)(C)C(F)(F)F)ccc2O1. The van der Waals surface area contributed by atoms with Crippen LogP contribution in [0.3, 0.4) is 0 Å². The van der Waals surface area contributed by atoms with Gasteiger partial charge in [0.1, 0.15) is 17.7 Å². The van der Waals surface area contributed by atoms with Gasteiger partial charge in [0.25, 0.3) is 10.0 Å². The smallest absolute Gasteiger partial charge is 0.427 e. The average molecular weight is 645 g/mol. The zero-order chi connectivity index (χ0) is 32.5. The summed E-state index contributed by atoms with van der Waals surface area (Å²) in [6.45, 7) is 3.81. The van der Waals surface area contributed by atoms with E-state index in [1.807, 2.05) is 5.32 Å². The van der Waals surface area contributed by atoms with Gasteiger partial charge >= 0.3 is 24.4 Å². The van der Waals surface area contributed by atoms with Gasteiger partial charge in [-0.15, -0.1) is 0 Å². The number of sulfonamides is 1. The molecular weight excluding hydrogens is 617 g/mol. The molecule has 1 aliphatic heterocycles. The highest BCUT2D eigenvalue weighted by molar-refractivity contribution is 7.92. The number of benzene rings is 2. The molecule has 17 heteroatoms. The fourth-order valence-electron chi connectivity index (χ4n) is 3.96. The predicted molar refractivity (Wildman–Crippen MR) is 137 cm³/mol. The Balaban J connectivity index is 2.04. The first kappa shape index (κ1) is 33.7. The van der Waals surface area contributed by atoms with E-state index < -0.39 is 74.9 Å². The topological polar surface area (TPSA) is 111 Å². The molecule has 0 saturated heterocycles. The largest absolute Gasteiger partial charge is 0.486 e. The van der Waals surface area contributed by atoms with E-state index in [2.05, 4.69) is 4.74 Å². The summed E-state index contributed by atoms with van der Waals surface area (Å²) in [7, 11) is -4.89. The number of amides is 1. The molecular formula is C26H27F7N2O7S. The maximum absolute atomic E-state index is 13.9. The van der Waals surface area contributed by atoms with Crippen molar-refractivity contribution in [3.8, 4) is 5.75 Å². The third kappa shape index (κ3) is 7.61. The highest BCUT2D eigenvalue weighted by Gasteiger charge is 2.51. The Kier molecular flexibility index (Phi) is 9.48. The zero-order valence-electron chi connectivity index (χ0n) is 23.1. The number of alkyl halides is 6. The number of hydrogen-bond donors (Lipinski definition) is 1. The molecule has 238 valence electrons. The van der Waals surface area contributed by atoms with Gasteiger partial charge in [-0.2, -0.15) is 26.3 Å². The van der Waals surface area contributed by atoms with E-state index in [1.165, 1.54) is 6.92 Å². The van der Waals surface area contributed by atoms with E-state index in [4.69, 9.17) is 9.47 Å². The van der Waals surface area contributed by atoms with Crippen molar-refractivity contribution in [1.82, 2.24) is 0 Å². The van der Waals surface area contributed by atoms with E-state index in [9.17, 15) is 48.7 Å². The minimum absolute atomic E-state index is 0.0719. The van der Waals surface area contributed by atoms with Gasteiger partial charge in [-0.05, 0) is 63.6 Å². The van der Waals surface area contributed by atoms with Crippen LogP contribution in [0.25, 0.3) is 0 Å². The minimum Gasteiger partial charge on any atom is -0.486 e. The van der Waals surface area contributed by atoms with Gasteiger partial charge in [0.2, 0.25) is 5.60 Å². The van der Waals surface area contributed by atoms with Crippen molar-refractivity contribution in [2.75, 3.05) is 22.8 Å². The molecule has 0 fully saturated rings. The van der Waals surface area contributed by atoms with Gasteiger partial charge in [-0.25, -0.2) is 17.6 Å². The van der Waals surface area contributed by atoms with Crippen LogP contribution in [-0.4, -0.2) is 51.5 Å². The number of carbonyl (C=O) groups excluding carboxylic acids is 2. The zero-order valence-corrected chi connectivity index (χ0v) is 23.9. The second-order valence-electron chi connectivity index (χ2n) is 10.0. The molecule has 2 atom stereocenters. The van der Waals surface area contributed by atoms with Crippen molar-refractivity contribution in [3.63, 3.8) is 0 Å². The number of nitrogens with zero attached hydrogens (tertiary/aromatic N) is 1. The fourth-order valence-corrected chi connectivity index (χ4v) is 5.48. The highest BCUT2D eigenvalue weighted by Crippen LogP contribution is 2.41. The van der Waals surface area contributed by atoms with Gasteiger partial charge in [0, 0.05) is 5.69 Å².